The monoisotopic (exact) mass is 286 g/mol. The lowest BCUT2D eigenvalue weighted by Gasteiger charge is -2.39. The van der Waals surface area contributed by atoms with Gasteiger partial charge in [0.05, 0.1) is 5.41 Å². The molecule has 1 aromatic rings. The Bertz CT molecular complexity index is 506. The smallest absolute Gasteiger partial charge is 0.233 e. The molecule has 3 nitrogen and oxygen atoms in total. The lowest BCUT2D eigenvalue weighted by molar-refractivity contribution is -0.130. The van der Waals surface area contributed by atoms with Crippen LogP contribution in [0.5, 0.6) is 0 Å². The molecule has 21 heavy (non-hydrogen) atoms. The van der Waals surface area contributed by atoms with Crippen LogP contribution in [0.4, 0.5) is 5.69 Å². The molecule has 1 saturated heterocycles. The molecule has 0 bridgehead atoms. The van der Waals surface area contributed by atoms with Gasteiger partial charge in [0.1, 0.15) is 0 Å². The quantitative estimate of drug-likeness (QED) is 0.906. The Labute approximate surface area is 127 Å². The number of aryl methyl sites for hydroxylation is 1. The third-order valence-corrected chi connectivity index (χ3v) is 5.30. The van der Waals surface area contributed by atoms with E-state index in [0.29, 0.717) is 5.91 Å². The zero-order valence-corrected chi connectivity index (χ0v) is 13.0. The van der Waals surface area contributed by atoms with Gasteiger partial charge in [-0.2, -0.15) is 0 Å². The molecular weight excluding hydrogens is 260 g/mol. The fraction of sp³-hybridized carbons (Fsp3) is 0.611. The van der Waals surface area contributed by atoms with Crippen molar-refractivity contribution in [3.05, 3.63) is 29.8 Å². The third kappa shape index (κ3) is 2.71. The van der Waals surface area contributed by atoms with Crippen molar-refractivity contribution >= 4 is 11.6 Å². The molecule has 2 aliphatic rings. The van der Waals surface area contributed by atoms with E-state index in [-0.39, 0.29) is 5.41 Å². The van der Waals surface area contributed by atoms with Crippen molar-refractivity contribution in [3.63, 3.8) is 0 Å². The molecule has 2 aliphatic heterocycles. The van der Waals surface area contributed by atoms with Crippen LogP contribution in [0.15, 0.2) is 24.3 Å². The molecule has 0 aromatic heterocycles. The first kappa shape index (κ1) is 14.6. The molecule has 1 amide bonds. The summed E-state index contributed by atoms with van der Waals surface area (Å²) in [5, 5.41) is 3.39. The fourth-order valence-electron chi connectivity index (χ4n) is 3.81. The molecular formula is C18H26N2O. The standard InChI is InChI=1S/C18H26N2O/c1-2-18(10-12-19-13-11-18)17(21)20-14-6-5-8-15-7-3-4-9-16(15)20/h3-4,7,9,19H,2,5-6,8,10-14H2,1H3. The molecule has 1 fully saturated rings. The van der Waals surface area contributed by atoms with Gasteiger partial charge >= 0.3 is 0 Å². The zero-order valence-electron chi connectivity index (χ0n) is 13.0. The highest BCUT2D eigenvalue weighted by Gasteiger charge is 2.41. The van der Waals surface area contributed by atoms with Crippen molar-refractivity contribution in [1.82, 2.24) is 5.32 Å². The molecule has 0 aliphatic carbocycles. The van der Waals surface area contributed by atoms with Gasteiger partial charge in [0.25, 0.3) is 0 Å². The average Bonchev–Trinajstić information content (AvgIpc) is 2.77. The number of rotatable bonds is 2. The minimum Gasteiger partial charge on any atom is -0.317 e. The number of amides is 1. The Balaban J connectivity index is 1.93. The molecule has 2 heterocycles. The highest BCUT2D eigenvalue weighted by atomic mass is 16.2. The number of hydrogen-bond donors (Lipinski definition) is 1. The summed E-state index contributed by atoms with van der Waals surface area (Å²) in [4.78, 5) is 15.4. The number of carbonyl (C=O) groups excluding carboxylic acids is 1. The van der Waals surface area contributed by atoms with E-state index < -0.39 is 0 Å². The van der Waals surface area contributed by atoms with Crippen LogP contribution in [0.1, 0.15) is 44.6 Å². The summed E-state index contributed by atoms with van der Waals surface area (Å²) in [6.07, 6.45) is 6.29. The minimum absolute atomic E-state index is 0.150. The van der Waals surface area contributed by atoms with Gasteiger partial charge in [0.2, 0.25) is 5.91 Å². The van der Waals surface area contributed by atoms with E-state index in [2.05, 4.69) is 41.4 Å². The average molecular weight is 286 g/mol. The number of nitrogens with one attached hydrogen (secondary N) is 1. The van der Waals surface area contributed by atoms with Gasteiger partial charge < -0.3 is 10.2 Å². The first-order valence-corrected chi connectivity index (χ1v) is 8.37. The van der Waals surface area contributed by atoms with E-state index in [4.69, 9.17) is 0 Å². The molecule has 1 aromatic carbocycles. The molecule has 3 rings (SSSR count). The molecule has 0 saturated carbocycles. The number of para-hydroxylation sites is 1. The summed E-state index contributed by atoms with van der Waals surface area (Å²) in [6, 6.07) is 8.46. The van der Waals surface area contributed by atoms with Crippen LogP contribution in [-0.4, -0.2) is 25.5 Å². The van der Waals surface area contributed by atoms with Gasteiger partial charge in [-0.3, -0.25) is 4.79 Å². The van der Waals surface area contributed by atoms with Crippen molar-refractivity contribution in [2.45, 2.75) is 45.4 Å². The van der Waals surface area contributed by atoms with Crippen LogP contribution in [0, 0.1) is 5.41 Å². The Morgan fingerprint density at radius 3 is 2.76 bits per heavy atom. The van der Waals surface area contributed by atoms with E-state index in [0.717, 1.165) is 57.4 Å². The van der Waals surface area contributed by atoms with Crippen LogP contribution < -0.4 is 10.2 Å². The van der Waals surface area contributed by atoms with E-state index in [9.17, 15) is 4.79 Å². The number of anilines is 1. The third-order valence-electron chi connectivity index (χ3n) is 5.30. The first-order valence-electron chi connectivity index (χ1n) is 8.37. The summed E-state index contributed by atoms with van der Waals surface area (Å²) in [5.74, 6) is 0.362. The molecule has 0 radical (unpaired) electrons. The number of nitrogens with zero attached hydrogens (tertiary/aromatic N) is 1. The maximum absolute atomic E-state index is 13.3. The van der Waals surface area contributed by atoms with E-state index in [1.54, 1.807) is 0 Å². The van der Waals surface area contributed by atoms with Crippen molar-refractivity contribution in [1.29, 1.82) is 0 Å². The normalized spacial score (nSPS) is 21.5. The summed E-state index contributed by atoms with van der Waals surface area (Å²) >= 11 is 0. The van der Waals surface area contributed by atoms with E-state index in [1.165, 1.54) is 12.0 Å². The molecule has 1 N–H and O–H groups in total. The lowest BCUT2D eigenvalue weighted by Crippen LogP contribution is -2.49. The Hall–Kier alpha value is -1.35. The van der Waals surface area contributed by atoms with Gasteiger partial charge in [-0.15, -0.1) is 0 Å². The highest BCUT2D eigenvalue weighted by molar-refractivity contribution is 5.98. The topological polar surface area (TPSA) is 32.3 Å². The summed E-state index contributed by atoms with van der Waals surface area (Å²) in [5.41, 5.74) is 2.35. The van der Waals surface area contributed by atoms with Crippen LogP contribution in [0.2, 0.25) is 0 Å². The lowest BCUT2D eigenvalue weighted by atomic mass is 9.75. The van der Waals surface area contributed by atoms with Gasteiger partial charge in [-0.1, -0.05) is 25.1 Å². The molecule has 3 heteroatoms. The van der Waals surface area contributed by atoms with Crippen molar-refractivity contribution in [2.75, 3.05) is 24.5 Å². The maximum atomic E-state index is 13.3. The summed E-state index contributed by atoms with van der Waals surface area (Å²) in [6.45, 7) is 4.99. The maximum Gasteiger partial charge on any atom is 0.233 e. The number of fused-ring (bicyclic) bond motifs is 1. The van der Waals surface area contributed by atoms with Crippen molar-refractivity contribution < 1.29 is 4.79 Å². The minimum atomic E-state index is -0.150. The zero-order chi connectivity index (χ0) is 14.7. The van der Waals surface area contributed by atoms with Crippen LogP contribution in [0.3, 0.4) is 0 Å². The molecule has 0 atom stereocenters. The molecule has 114 valence electrons. The van der Waals surface area contributed by atoms with Crippen LogP contribution in [0.25, 0.3) is 0 Å². The first-order chi connectivity index (χ1) is 10.3. The fourth-order valence-corrected chi connectivity index (χ4v) is 3.81. The number of piperidine rings is 1. The van der Waals surface area contributed by atoms with Gasteiger partial charge in [-0.05, 0) is 63.2 Å². The Kier molecular flexibility index (Phi) is 4.29. The Morgan fingerprint density at radius 1 is 1.24 bits per heavy atom. The summed E-state index contributed by atoms with van der Waals surface area (Å²) < 4.78 is 0. The predicted octanol–water partition coefficient (Wildman–Crippen LogP) is 3.14. The highest BCUT2D eigenvalue weighted by Crippen LogP contribution is 2.38. The molecule has 0 spiro atoms. The predicted molar refractivity (Wildman–Crippen MR) is 86.6 cm³/mol. The van der Waals surface area contributed by atoms with Crippen LogP contribution >= 0.6 is 0 Å². The van der Waals surface area contributed by atoms with Crippen LogP contribution in [-0.2, 0) is 11.2 Å². The molecule has 0 unspecified atom stereocenters. The largest absolute Gasteiger partial charge is 0.317 e. The van der Waals surface area contributed by atoms with E-state index >= 15 is 0 Å². The second-order valence-corrected chi connectivity index (χ2v) is 6.43. The second kappa shape index (κ2) is 6.18. The van der Waals surface area contributed by atoms with Crippen molar-refractivity contribution in [3.8, 4) is 0 Å². The van der Waals surface area contributed by atoms with Gasteiger partial charge in [-0.25, -0.2) is 0 Å². The number of benzene rings is 1. The second-order valence-electron chi connectivity index (χ2n) is 6.43. The number of carbonyl (C=O) groups is 1. The van der Waals surface area contributed by atoms with Gasteiger partial charge in [0, 0.05) is 12.2 Å². The number of hydrogen-bond acceptors (Lipinski definition) is 2. The SMILES string of the molecule is CCC1(C(=O)N2CCCCc3ccccc32)CCNCC1. The summed E-state index contributed by atoms with van der Waals surface area (Å²) in [7, 11) is 0. The van der Waals surface area contributed by atoms with Crippen molar-refractivity contribution in [2.24, 2.45) is 5.41 Å². The Morgan fingerprint density at radius 2 is 2.00 bits per heavy atom. The van der Waals surface area contributed by atoms with E-state index in [1.807, 2.05) is 0 Å². The van der Waals surface area contributed by atoms with Gasteiger partial charge in [0.15, 0.2) is 0 Å².